The molecule has 0 saturated carbocycles. The Kier molecular flexibility index (Phi) is 3.16. The number of nitrogens with zero attached hydrogens (tertiary/aromatic N) is 2. The van der Waals surface area contributed by atoms with Gasteiger partial charge in [0.2, 0.25) is 0 Å². The molecule has 0 fully saturated rings. The smallest absolute Gasteiger partial charge is 0.453 e. The van der Waals surface area contributed by atoms with E-state index in [4.69, 9.17) is 5.11 Å². The van der Waals surface area contributed by atoms with Gasteiger partial charge in [0.15, 0.2) is 4.91 Å². The van der Waals surface area contributed by atoms with Crippen molar-refractivity contribution in [2.75, 3.05) is 14.2 Å². The van der Waals surface area contributed by atoms with Crippen molar-refractivity contribution < 1.29 is 9.94 Å². The molecule has 5 heteroatoms. The fourth-order valence-corrected chi connectivity index (χ4v) is 0.198. The molecule has 0 aromatic rings. The molecule has 5 nitrogen and oxygen atoms in total. The third-order valence-electron chi connectivity index (χ3n) is 0.718. The molecule has 0 rings (SSSR count). The number of nitroso groups, excluding NO2 is 1. The van der Waals surface area contributed by atoms with Crippen LogP contribution in [-0.4, -0.2) is 30.2 Å². The first kappa shape index (κ1) is 7.72. The van der Waals surface area contributed by atoms with Crippen LogP contribution in [0, 0.1) is 4.91 Å². The van der Waals surface area contributed by atoms with Crippen LogP contribution in [0.25, 0.3) is 0 Å². The summed E-state index contributed by atoms with van der Waals surface area (Å²) in [7, 11) is 2.75. The summed E-state index contributed by atoms with van der Waals surface area (Å²) in [6.07, 6.45) is 0. The number of aliphatic hydroxyl groups excluding tert-OH is 1. The van der Waals surface area contributed by atoms with Crippen molar-refractivity contribution in [1.29, 1.82) is 0 Å². The zero-order valence-electron chi connectivity index (χ0n) is 5.16. The van der Waals surface area contributed by atoms with Crippen LogP contribution < -0.4 is 4.85 Å². The first-order valence-electron chi connectivity index (χ1n) is 2.14. The van der Waals surface area contributed by atoms with Crippen LogP contribution in [0.3, 0.4) is 0 Å². The predicted octanol–water partition coefficient (Wildman–Crippen LogP) is -0.618. The molecule has 0 saturated heterocycles. The van der Waals surface area contributed by atoms with Gasteiger partial charge in [-0.15, -0.1) is 0 Å². The maximum atomic E-state index is 9.41. The standard InChI is InChI=1S/C4H6N2O3/c1-6(9-2)4(7)3-5-8/h1-2H3/p+1. The Morgan fingerprint density at radius 2 is 2.44 bits per heavy atom. The van der Waals surface area contributed by atoms with E-state index >= 15 is 0 Å². The van der Waals surface area contributed by atoms with Crippen LogP contribution >= 0.6 is 0 Å². The zero-order valence-corrected chi connectivity index (χ0v) is 5.16. The van der Waals surface area contributed by atoms with E-state index < -0.39 is 5.88 Å². The highest BCUT2D eigenvalue weighted by Crippen LogP contribution is 1.87. The first-order chi connectivity index (χ1) is 4.22. The van der Waals surface area contributed by atoms with E-state index in [1.54, 1.807) is 5.87 Å². The zero-order chi connectivity index (χ0) is 7.28. The van der Waals surface area contributed by atoms with Gasteiger partial charge in [0.05, 0.1) is 7.11 Å². The third kappa shape index (κ3) is 2.51. The normalized spacial score (nSPS) is 7.33. The Morgan fingerprint density at radius 3 is 2.78 bits per heavy atom. The Morgan fingerprint density at radius 1 is 1.89 bits per heavy atom. The summed E-state index contributed by atoms with van der Waals surface area (Å²) in [5.41, 5.74) is 0. The lowest BCUT2D eigenvalue weighted by Gasteiger charge is -2.07. The Labute approximate surface area is 51.8 Å². The molecule has 0 radical (unpaired) electrons. The molecule has 0 atom stereocenters. The molecule has 0 aliphatic rings. The number of rotatable bonds is 2. The van der Waals surface area contributed by atoms with Gasteiger partial charge in [-0.25, -0.2) is 5.06 Å². The van der Waals surface area contributed by atoms with Crippen molar-refractivity contribution in [1.82, 2.24) is 9.92 Å². The summed E-state index contributed by atoms with van der Waals surface area (Å²) in [5.74, 6) is 1.29. The second kappa shape index (κ2) is 3.69. The molecule has 0 amide bonds. The SMILES string of the molecule is CON(C)C(O)=C=[N+]=O. The fraction of sp³-hybridized carbons (Fsp3) is 0.500. The van der Waals surface area contributed by atoms with E-state index in [1.807, 2.05) is 0 Å². The third-order valence-corrected chi connectivity index (χ3v) is 0.718. The highest BCUT2D eigenvalue weighted by molar-refractivity contribution is 5.51. The quantitative estimate of drug-likeness (QED) is 0.235. The topological polar surface area (TPSA) is 63.9 Å². The molecule has 0 aromatic carbocycles. The van der Waals surface area contributed by atoms with Gasteiger partial charge in [0.25, 0.3) is 4.85 Å². The molecular weight excluding hydrogens is 124 g/mol. The van der Waals surface area contributed by atoms with Gasteiger partial charge in [-0.2, -0.15) is 0 Å². The van der Waals surface area contributed by atoms with Crippen molar-refractivity contribution in [2.24, 2.45) is 0 Å². The van der Waals surface area contributed by atoms with Crippen LogP contribution in [0.2, 0.25) is 0 Å². The van der Waals surface area contributed by atoms with Crippen LogP contribution in [0.4, 0.5) is 0 Å². The summed E-state index contributed by atoms with van der Waals surface area (Å²) in [6.45, 7) is 0. The maximum Gasteiger partial charge on any atom is 0.453 e. The molecule has 0 spiro atoms. The minimum absolute atomic E-state index is 0.451. The number of aliphatic hydroxyl groups is 1. The molecule has 0 bridgehead atoms. The van der Waals surface area contributed by atoms with Gasteiger partial charge in [-0.05, 0) is 0 Å². The molecule has 1 N–H and O–H groups in total. The van der Waals surface area contributed by atoms with Crippen LogP contribution in [0.15, 0.2) is 5.88 Å². The van der Waals surface area contributed by atoms with E-state index in [0.717, 1.165) is 5.06 Å². The van der Waals surface area contributed by atoms with Crippen molar-refractivity contribution in [3.8, 4) is 0 Å². The predicted molar refractivity (Wildman–Crippen MR) is 31.4 cm³/mol. The van der Waals surface area contributed by atoms with E-state index in [-0.39, 0.29) is 0 Å². The Bertz CT molecular complexity index is 167. The van der Waals surface area contributed by atoms with E-state index in [2.05, 4.69) is 9.69 Å². The van der Waals surface area contributed by atoms with Gasteiger partial charge < -0.3 is 5.11 Å². The van der Waals surface area contributed by atoms with Crippen molar-refractivity contribution >= 4 is 5.87 Å². The average molecular weight is 131 g/mol. The monoisotopic (exact) mass is 131 g/mol. The summed E-state index contributed by atoms with van der Waals surface area (Å²) in [6, 6.07) is 0. The molecule has 0 aromatic heterocycles. The molecule has 0 unspecified atom stereocenters. The summed E-state index contributed by atoms with van der Waals surface area (Å²) in [4.78, 5) is 16.1. The van der Waals surface area contributed by atoms with Crippen LogP contribution in [0.5, 0.6) is 0 Å². The Balaban J connectivity index is 4.19. The fourth-order valence-electron chi connectivity index (χ4n) is 0.198. The molecule has 9 heavy (non-hydrogen) atoms. The summed E-state index contributed by atoms with van der Waals surface area (Å²) < 4.78 is 0. The molecular formula is C4H7N2O3+. The molecule has 0 aliphatic heterocycles. The highest BCUT2D eigenvalue weighted by Gasteiger charge is 2.02. The Hall–Kier alpha value is -1.28. The van der Waals surface area contributed by atoms with Crippen molar-refractivity contribution in [2.45, 2.75) is 0 Å². The number of hydrogen-bond donors (Lipinski definition) is 1. The van der Waals surface area contributed by atoms with Crippen molar-refractivity contribution in [3.63, 3.8) is 0 Å². The summed E-state index contributed by atoms with van der Waals surface area (Å²) in [5, 5.41) is 9.58. The van der Waals surface area contributed by atoms with Gasteiger partial charge >= 0.3 is 11.8 Å². The van der Waals surface area contributed by atoms with Crippen molar-refractivity contribution in [3.05, 3.63) is 10.8 Å². The second-order valence-corrected chi connectivity index (χ2v) is 1.21. The lowest BCUT2D eigenvalue weighted by molar-refractivity contribution is -0.106. The summed E-state index contributed by atoms with van der Waals surface area (Å²) >= 11 is 0. The first-order valence-corrected chi connectivity index (χ1v) is 2.14. The lowest BCUT2D eigenvalue weighted by atomic mass is 10.8. The van der Waals surface area contributed by atoms with Crippen LogP contribution in [-0.2, 0) is 4.84 Å². The highest BCUT2D eigenvalue weighted by atomic mass is 16.7. The minimum atomic E-state index is -0.451. The van der Waals surface area contributed by atoms with E-state index in [1.165, 1.54) is 14.2 Å². The average Bonchev–Trinajstić information content (AvgIpc) is 1.87. The molecule has 0 aliphatic carbocycles. The van der Waals surface area contributed by atoms with E-state index in [9.17, 15) is 4.91 Å². The molecule has 50 valence electrons. The van der Waals surface area contributed by atoms with Crippen LogP contribution in [0.1, 0.15) is 0 Å². The number of hydrogen-bond acceptors (Lipinski definition) is 4. The second-order valence-electron chi connectivity index (χ2n) is 1.21. The van der Waals surface area contributed by atoms with Gasteiger partial charge in [0, 0.05) is 7.05 Å². The minimum Gasteiger partial charge on any atom is -0.482 e. The van der Waals surface area contributed by atoms with E-state index in [0.29, 0.717) is 0 Å². The maximum absolute atomic E-state index is 9.41. The van der Waals surface area contributed by atoms with Gasteiger partial charge in [-0.1, -0.05) is 0 Å². The number of hydroxylamine groups is 2. The van der Waals surface area contributed by atoms with Gasteiger partial charge in [-0.3, -0.25) is 4.84 Å². The molecule has 0 heterocycles. The van der Waals surface area contributed by atoms with Gasteiger partial charge in [0.1, 0.15) is 0 Å². The lowest BCUT2D eigenvalue weighted by Crippen LogP contribution is -2.15. The largest absolute Gasteiger partial charge is 0.482 e.